The molecule has 2 N–H and O–H groups in total. The van der Waals surface area contributed by atoms with Crippen LogP contribution in [0, 0.1) is 5.92 Å². The lowest BCUT2D eigenvalue weighted by atomic mass is 10.1. The first-order valence-corrected chi connectivity index (χ1v) is 5.21. The number of likely N-dealkylation sites (N-methyl/N-ethyl adjacent to an activating group) is 1. The van der Waals surface area contributed by atoms with E-state index in [4.69, 9.17) is 5.73 Å². The normalized spacial score (nSPS) is 23.2. The van der Waals surface area contributed by atoms with Crippen LogP contribution < -0.4 is 5.73 Å². The SMILES string of the molecule is CC(C)C(=O)N1CCN(C)C(C(N)=O)C1. The van der Waals surface area contributed by atoms with Crippen molar-refractivity contribution in [1.29, 1.82) is 0 Å². The Morgan fingerprint density at radius 2 is 1.93 bits per heavy atom. The standard InChI is InChI=1S/C10H19N3O2/c1-7(2)10(15)13-5-4-12(3)8(6-13)9(11)14/h7-8H,4-6H2,1-3H3,(H2,11,14). The lowest BCUT2D eigenvalue weighted by Crippen LogP contribution is -2.58. The molecule has 0 aliphatic carbocycles. The van der Waals surface area contributed by atoms with Crippen LogP contribution in [-0.2, 0) is 9.59 Å². The van der Waals surface area contributed by atoms with E-state index in [0.717, 1.165) is 0 Å². The largest absolute Gasteiger partial charge is 0.368 e. The van der Waals surface area contributed by atoms with E-state index in [1.54, 1.807) is 4.90 Å². The Morgan fingerprint density at radius 1 is 1.33 bits per heavy atom. The van der Waals surface area contributed by atoms with Gasteiger partial charge >= 0.3 is 0 Å². The number of hydrogen-bond donors (Lipinski definition) is 1. The molecule has 0 aromatic heterocycles. The Labute approximate surface area is 90.2 Å². The average molecular weight is 213 g/mol. The van der Waals surface area contributed by atoms with Crippen LogP contribution in [0.15, 0.2) is 0 Å². The fourth-order valence-corrected chi connectivity index (χ4v) is 1.75. The van der Waals surface area contributed by atoms with Crippen molar-refractivity contribution >= 4 is 11.8 Å². The van der Waals surface area contributed by atoms with Crippen LogP contribution in [0.3, 0.4) is 0 Å². The zero-order valence-corrected chi connectivity index (χ0v) is 9.56. The molecular formula is C10H19N3O2. The van der Waals surface area contributed by atoms with E-state index >= 15 is 0 Å². The molecule has 5 nitrogen and oxygen atoms in total. The smallest absolute Gasteiger partial charge is 0.236 e. The summed E-state index contributed by atoms with van der Waals surface area (Å²) in [4.78, 5) is 26.5. The van der Waals surface area contributed by atoms with Crippen molar-refractivity contribution in [3.63, 3.8) is 0 Å². The van der Waals surface area contributed by atoms with Gasteiger partial charge in [0.25, 0.3) is 0 Å². The monoisotopic (exact) mass is 213 g/mol. The van der Waals surface area contributed by atoms with Gasteiger partial charge in [-0.05, 0) is 7.05 Å². The molecule has 1 aliphatic rings. The third kappa shape index (κ3) is 2.68. The Morgan fingerprint density at radius 3 is 2.40 bits per heavy atom. The fourth-order valence-electron chi connectivity index (χ4n) is 1.75. The van der Waals surface area contributed by atoms with Crippen molar-refractivity contribution in [2.75, 3.05) is 26.7 Å². The van der Waals surface area contributed by atoms with Gasteiger partial charge in [-0.3, -0.25) is 14.5 Å². The summed E-state index contributed by atoms with van der Waals surface area (Å²) in [6, 6.07) is -0.346. The molecule has 0 aromatic rings. The lowest BCUT2D eigenvalue weighted by Gasteiger charge is -2.38. The molecule has 1 heterocycles. The maximum atomic E-state index is 11.7. The molecule has 1 fully saturated rings. The molecule has 0 aromatic carbocycles. The molecule has 1 aliphatic heterocycles. The van der Waals surface area contributed by atoms with Gasteiger partial charge in [0.1, 0.15) is 6.04 Å². The molecule has 2 amide bonds. The second-order valence-electron chi connectivity index (χ2n) is 4.34. The summed E-state index contributed by atoms with van der Waals surface area (Å²) in [5, 5.41) is 0. The summed E-state index contributed by atoms with van der Waals surface area (Å²) >= 11 is 0. The third-order valence-electron chi connectivity index (χ3n) is 2.78. The highest BCUT2D eigenvalue weighted by atomic mass is 16.2. The molecule has 0 saturated carbocycles. The topological polar surface area (TPSA) is 66.6 Å². The number of primary amides is 1. The van der Waals surface area contributed by atoms with E-state index < -0.39 is 0 Å². The number of carbonyl (C=O) groups is 2. The number of carbonyl (C=O) groups excluding carboxylic acids is 2. The molecule has 0 radical (unpaired) electrons. The van der Waals surface area contributed by atoms with Gasteiger partial charge < -0.3 is 10.6 Å². The van der Waals surface area contributed by atoms with Crippen molar-refractivity contribution < 1.29 is 9.59 Å². The van der Waals surface area contributed by atoms with Gasteiger partial charge in [-0.15, -0.1) is 0 Å². The average Bonchev–Trinajstić information content (AvgIpc) is 2.16. The predicted molar refractivity (Wildman–Crippen MR) is 57.0 cm³/mol. The van der Waals surface area contributed by atoms with E-state index in [0.29, 0.717) is 19.6 Å². The second-order valence-corrected chi connectivity index (χ2v) is 4.34. The van der Waals surface area contributed by atoms with E-state index in [-0.39, 0.29) is 23.8 Å². The first-order chi connectivity index (χ1) is 6.93. The van der Waals surface area contributed by atoms with E-state index in [1.165, 1.54) is 0 Å². The van der Waals surface area contributed by atoms with Crippen LogP contribution in [0.1, 0.15) is 13.8 Å². The molecule has 15 heavy (non-hydrogen) atoms. The molecule has 1 rings (SSSR count). The van der Waals surface area contributed by atoms with Crippen molar-refractivity contribution in [3.8, 4) is 0 Å². The van der Waals surface area contributed by atoms with Gasteiger partial charge in [-0.1, -0.05) is 13.8 Å². The van der Waals surface area contributed by atoms with Crippen molar-refractivity contribution in [2.24, 2.45) is 11.7 Å². The Bertz CT molecular complexity index is 265. The molecule has 5 heteroatoms. The molecule has 1 unspecified atom stereocenters. The molecule has 86 valence electrons. The molecular weight excluding hydrogens is 194 g/mol. The minimum atomic E-state index is -0.362. The molecule has 1 saturated heterocycles. The van der Waals surface area contributed by atoms with Gasteiger partial charge in [-0.2, -0.15) is 0 Å². The molecule has 1 atom stereocenters. The van der Waals surface area contributed by atoms with E-state index in [9.17, 15) is 9.59 Å². The van der Waals surface area contributed by atoms with Crippen molar-refractivity contribution in [2.45, 2.75) is 19.9 Å². The van der Waals surface area contributed by atoms with Crippen molar-refractivity contribution in [1.82, 2.24) is 9.80 Å². The van der Waals surface area contributed by atoms with E-state index in [2.05, 4.69) is 0 Å². The highest BCUT2D eigenvalue weighted by Crippen LogP contribution is 2.10. The molecule has 0 spiro atoms. The Balaban J connectivity index is 2.65. The summed E-state index contributed by atoms with van der Waals surface area (Å²) in [6.45, 7) is 5.52. The van der Waals surface area contributed by atoms with Gasteiger partial charge in [0, 0.05) is 25.6 Å². The van der Waals surface area contributed by atoms with Crippen LogP contribution in [0.2, 0.25) is 0 Å². The fraction of sp³-hybridized carbons (Fsp3) is 0.800. The highest BCUT2D eigenvalue weighted by molar-refractivity contribution is 5.83. The third-order valence-corrected chi connectivity index (χ3v) is 2.78. The maximum Gasteiger partial charge on any atom is 0.236 e. The van der Waals surface area contributed by atoms with E-state index in [1.807, 2.05) is 25.8 Å². The van der Waals surface area contributed by atoms with Crippen LogP contribution >= 0.6 is 0 Å². The Kier molecular flexibility index (Phi) is 3.68. The second kappa shape index (κ2) is 4.61. The van der Waals surface area contributed by atoms with Gasteiger partial charge in [-0.25, -0.2) is 0 Å². The maximum absolute atomic E-state index is 11.7. The highest BCUT2D eigenvalue weighted by Gasteiger charge is 2.31. The van der Waals surface area contributed by atoms with Gasteiger partial charge in [0.15, 0.2) is 0 Å². The predicted octanol–water partition coefficient (Wildman–Crippen LogP) is -0.730. The summed E-state index contributed by atoms with van der Waals surface area (Å²) in [7, 11) is 1.85. The minimum absolute atomic E-state index is 0.0260. The van der Waals surface area contributed by atoms with Crippen LogP contribution in [-0.4, -0.2) is 54.3 Å². The summed E-state index contributed by atoms with van der Waals surface area (Å²) in [6.07, 6.45) is 0. The van der Waals surface area contributed by atoms with Crippen LogP contribution in [0.5, 0.6) is 0 Å². The van der Waals surface area contributed by atoms with Crippen LogP contribution in [0.4, 0.5) is 0 Å². The quantitative estimate of drug-likeness (QED) is 0.657. The van der Waals surface area contributed by atoms with Crippen molar-refractivity contribution in [3.05, 3.63) is 0 Å². The summed E-state index contributed by atoms with van der Waals surface area (Å²) in [5.74, 6) is -0.296. The zero-order valence-electron chi connectivity index (χ0n) is 9.56. The minimum Gasteiger partial charge on any atom is -0.368 e. The number of nitrogens with zero attached hydrogens (tertiary/aromatic N) is 2. The lowest BCUT2D eigenvalue weighted by molar-refractivity contribution is -0.139. The number of hydrogen-bond acceptors (Lipinski definition) is 3. The Hall–Kier alpha value is -1.10. The number of nitrogens with two attached hydrogens (primary N) is 1. The van der Waals surface area contributed by atoms with Gasteiger partial charge in [0.2, 0.25) is 11.8 Å². The summed E-state index contributed by atoms with van der Waals surface area (Å²) < 4.78 is 0. The number of rotatable bonds is 2. The zero-order chi connectivity index (χ0) is 11.6. The number of amides is 2. The first kappa shape index (κ1) is 12.0. The summed E-state index contributed by atoms with van der Waals surface area (Å²) in [5.41, 5.74) is 5.28. The number of piperazine rings is 1. The molecule has 0 bridgehead atoms. The van der Waals surface area contributed by atoms with Crippen LogP contribution in [0.25, 0.3) is 0 Å². The first-order valence-electron chi connectivity index (χ1n) is 5.21. The van der Waals surface area contributed by atoms with Gasteiger partial charge in [0.05, 0.1) is 0 Å².